The number of amides is 1. The van der Waals surface area contributed by atoms with Crippen LogP contribution >= 0.6 is 0 Å². The number of carbonyl (C=O) groups excluding carboxylic acids is 1. The number of rotatable bonds is 2. The maximum atomic E-state index is 11.7. The first-order valence-corrected chi connectivity index (χ1v) is 5.45. The summed E-state index contributed by atoms with van der Waals surface area (Å²) in [4.78, 5) is 13.5. The molecule has 2 heterocycles. The highest BCUT2D eigenvalue weighted by Crippen LogP contribution is 2.14. The number of aliphatic hydroxyl groups is 1. The van der Waals surface area contributed by atoms with E-state index in [1.165, 1.54) is 6.42 Å². The number of hydrogen-bond acceptors (Lipinski definition) is 3. The molecule has 80 valence electrons. The lowest BCUT2D eigenvalue weighted by atomic mass is 10.1. The molecule has 2 aliphatic heterocycles. The van der Waals surface area contributed by atoms with Crippen LogP contribution in [0.5, 0.6) is 0 Å². The van der Waals surface area contributed by atoms with Crippen LogP contribution < -0.4 is 5.32 Å². The molecule has 0 radical (unpaired) electrons. The van der Waals surface area contributed by atoms with Gasteiger partial charge in [-0.2, -0.15) is 0 Å². The zero-order valence-corrected chi connectivity index (χ0v) is 8.41. The van der Waals surface area contributed by atoms with Gasteiger partial charge in [0, 0.05) is 25.6 Å². The molecule has 4 heteroatoms. The number of carbonyl (C=O) groups is 1. The van der Waals surface area contributed by atoms with E-state index < -0.39 is 0 Å². The fourth-order valence-corrected chi connectivity index (χ4v) is 2.24. The van der Waals surface area contributed by atoms with Crippen molar-refractivity contribution >= 4 is 5.91 Å². The van der Waals surface area contributed by atoms with E-state index in [-0.39, 0.29) is 12.0 Å². The Bertz CT molecular complexity index is 214. The molecule has 0 aromatic heterocycles. The van der Waals surface area contributed by atoms with Crippen molar-refractivity contribution in [3.05, 3.63) is 0 Å². The summed E-state index contributed by atoms with van der Waals surface area (Å²) in [6.45, 7) is 2.30. The summed E-state index contributed by atoms with van der Waals surface area (Å²) in [7, 11) is 0. The second-order valence-electron chi connectivity index (χ2n) is 4.28. The van der Waals surface area contributed by atoms with Gasteiger partial charge in [-0.25, -0.2) is 0 Å². The van der Waals surface area contributed by atoms with Crippen LogP contribution in [0, 0.1) is 0 Å². The predicted octanol–water partition coefficient (Wildman–Crippen LogP) is -0.278. The average Bonchev–Trinajstić information content (AvgIpc) is 2.75. The van der Waals surface area contributed by atoms with E-state index in [9.17, 15) is 9.90 Å². The smallest absolute Gasteiger partial charge is 0.224 e. The molecule has 0 saturated carbocycles. The molecule has 2 atom stereocenters. The first-order valence-electron chi connectivity index (χ1n) is 5.45. The zero-order chi connectivity index (χ0) is 9.97. The molecule has 2 N–H and O–H groups in total. The summed E-state index contributed by atoms with van der Waals surface area (Å²) in [5.74, 6) is 0.195. The van der Waals surface area contributed by atoms with Gasteiger partial charge in [-0.15, -0.1) is 0 Å². The van der Waals surface area contributed by atoms with Gasteiger partial charge in [0.05, 0.1) is 6.10 Å². The Morgan fingerprint density at radius 1 is 1.50 bits per heavy atom. The number of nitrogens with one attached hydrogen (secondary N) is 1. The molecule has 2 rings (SSSR count). The van der Waals surface area contributed by atoms with Crippen molar-refractivity contribution in [2.75, 3.05) is 19.6 Å². The Morgan fingerprint density at radius 2 is 2.36 bits per heavy atom. The predicted molar refractivity (Wildman–Crippen MR) is 52.8 cm³/mol. The van der Waals surface area contributed by atoms with Crippen LogP contribution in [0.4, 0.5) is 0 Å². The standard InChI is InChI=1S/C10H18N2O2/c13-9-3-5-12(7-9)10(14)6-8-2-1-4-11-8/h8-9,11,13H,1-7H2/t8?,9-/m0/s1. The van der Waals surface area contributed by atoms with Gasteiger partial charge < -0.3 is 15.3 Å². The summed E-state index contributed by atoms with van der Waals surface area (Å²) >= 11 is 0. The molecule has 0 bridgehead atoms. The fourth-order valence-electron chi connectivity index (χ4n) is 2.24. The Morgan fingerprint density at radius 3 is 2.93 bits per heavy atom. The highest BCUT2D eigenvalue weighted by molar-refractivity contribution is 5.77. The largest absolute Gasteiger partial charge is 0.391 e. The maximum absolute atomic E-state index is 11.7. The van der Waals surface area contributed by atoms with E-state index in [4.69, 9.17) is 0 Å². The van der Waals surface area contributed by atoms with Crippen molar-refractivity contribution in [1.29, 1.82) is 0 Å². The molecule has 4 nitrogen and oxygen atoms in total. The van der Waals surface area contributed by atoms with Gasteiger partial charge in [-0.05, 0) is 25.8 Å². The number of aliphatic hydroxyl groups excluding tert-OH is 1. The van der Waals surface area contributed by atoms with Gasteiger partial charge in [-0.1, -0.05) is 0 Å². The lowest BCUT2D eigenvalue weighted by molar-refractivity contribution is -0.130. The van der Waals surface area contributed by atoms with E-state index in [2.05, 4.69) is 5.32 Å². The number of likely N-dealkylation sites (tertiary alicyclic amines) is 1. The number of hydrogen-bond donors (Lipinski definition) is 2. The highest BCUT2D eigenvalue weighted by atomic mass is 16.3. The van der Waals surface area contributed by atoms with Crippen LogP contribution in [0.2, 0.25) is 0 Å². The molecule has 0 aromatic rings. The average molecular weight is 198 g/mol. The molecule has 1 unspecified atom stereocenters. The van der Waals surface area contributed by atoms with Gasteiger partial charge in [-0.3, -0.25) is 4.79 Å². The van der Waals surface area contributed by atoms with Crippen molar-refractivity contribution < 1.29 is 9.90 Å². The van der Waals surface area contributed by atoms with Crippen LogP contribution in [0.3, 0.4) is 0 Å². The SMILES string of the molecule is O=C(CC1CCCN1)N1CC[C@H](O)C1. The summed E-state index contributed by atoms with van der Waals surface area (Å²) in [6, 6.07) is 0.375. The highest BCUT2D eigenvalue weighted by Gasteiger charge is 2.27. The third-order valence-electron chi connectivity index (χ3n) is 3.10. The zero-order valence-electron chi connectivity index (χ0n) is 8.41. The van der Waals surface area contributed by atoms with Gasteiger partial charge in [0.2, 0.25) is 5.91 Å². The molecular weight excluding hydrogens is 180 g/mol. The third-order valence-corrected chi connectivity index (χ3v) is 3.10. The summed E-state index contributed by atoms with van der Waals surface area (Å²) in [5.41, 5.74) is 0. The van der Waals surface area contributed by atoms with E-state index in [0.29, 0.717) is 19.0 Å². The van der Waals surface area contributed by atoms with Crippen LogP contribution in [0.25, 0.3) is 0 Å². The first-order chi connectivity index (χ1) is 6.75. The molecular formula is C10H18N2O2. The molecule has 2 fully saturated rings. The lowest BCUT2D eigenvalue weighted by Crippen LogP contribution is -2.34. The monoisotopic (exact) mass is 198 g/mol. The minimum Gasteiger partial charge on any atom is -0.391 e. The van der Waals surface area contributed by atoms with Crippen LogP contribution in [-0.4, -0.2) is 47.7 Å². The van der Waals surface area contributed by atoms with Gasteiger partial charge in [0.1, 0.15) is 0 Å². The molecule has 0 spiro atoms. The normalized spacial score (nSPS) is 32.5. The van der Waals surface area contributed by atoms with Crippen molar-refractivity contribution in [2.45, 2.75) is 37.8 Å². The lowest BCUT2D eigenvalue weighted by Gasteiger charge is -2.18. The minimum absolute atomic E-state index is 0.195. The Balaban J connectivity index is 1.77. The molecule has 1 amide bonds. The van der Waals surface area contributed by atoms with Crippen molar-refractivity contribution in [3.63, 3.8) is 0 Å². The summed E-state index contributed by atoms with van der Waals surface area (Å²) < 4.78 is 0. The molecule has 0 aromatic carbocycles. The Hall–Kier alpha value is -0.610. The molecule has 0 aliphatic carbocycles. The van der Waals surface area contributed by atoms with Crippen LogP contribution in [0.15, 0.2) is 0 Å². The van der Waals surface area contributed by atoms with Gasteiger partial charge in [0.25, 0.3) is 0 Å². The Kier molecular flexibility index (Phi) is 3.03. The first kappa shape index (κ1) is 9.93. The number of nitrogens with zero attached hydrogens (tertiary/aromatic N) is 1. The Labute approximate surface area is 84.3 Å². The second kappa shape index (κ2) is 4.28. The summed E-state index contributed by atoms with van der Waals surface area (Å²) in [5, 5.41) is 12.6. The van der Waals surface area contributed by atoms with Crippen molar-refractivity contribution in [3.8, 4) is 0 Å². The van der Waals surface area contributed by atoms with Crippen LogP contribution in [0.1, 0.15) is 25.7 Å². The quantitative estimate of drug-likeness (QED) is 0.642. The minimum atomic E-state index is -0.296. The maximum Gasteiger partial charge on any atom is 0.224 e. The van der Waals surface area contributed by atoms with E-state index >= 15 is 0 Å². The molecule has 2 saturated heterocycles. The van der Waals surface area contributed by atoms with Gasteiger partial charge >= 0.3 is 0 Å². The van der Waals surface area contributed by atoms with E-state index in [1.54, 1.807) is 4.90 Å². The third kappa shape index (κ3) is 2.25. The van der Waals surface area contributed by atoms with Gasteiger partial charge in [0.15, 0.2) is 0 Å². The van der Waals surface area contributed by atoms with Crippen LogP contribution in [-0.2, 0) is 4.79 Å². The topological polar surface area (TPSA) is 52.6 Å². The fraction of sp³-hybridized carbons (Fsp3) is 0.900. The van der Waals surface area contributed by atoms with E-state index in [0.717, 1.165) is 25.9 Å². The second-order valence-corrected chi connectivity index (χ2v) is 4.28. The summed E-state index contributed by atoms with van der Waals surface area (Å²) in [6.07, 6.45) is 3.34. The van der Waals surface area contributed by atoms with Crippen molar-refractivity contribution in [1.82, 2.24) is 10.2 Å². The number of β-amino-alcohol motifs (C(OH)–C–C–N with tert-alkyl or cyclic N) is 1. The molecule has 2 aliphatic rings. The van der Waals surface area contributed by atoms with E-state index in [1.807, 2.05) is 0 Å². The molecule has 14 heavy (non-hydrogen) atoms. The van der Waals surface area contributed by atoms with Crippen molar-refractivity contribution in [2.24, 2.45) is 0 Å².